The molecule has 2 aliphatic carbocycles. The fourth-order valence-electron chi connectivity index (χ4n) is 3.65. The number of ketones is 1. The number of hydrogen-bond acceptors (Lipinski definition) is 4. The summed E-state index contributed by atoms with van der Waals surface area (Å²) in [6, 6.07) is 16.7. The molecule has 0 unspecified atom stereocenters. The number of thioether (sulfide) groups is 1. The highest BCUT2D eigenvalue weighted by Gasteiger charge is 2.37. The van der Waals surface area contributed by atoms with E-state index in [1.54, 1.807) is 11.8 Å². The van der Waals surface area contributed by atoms with Crippen LogP contribution >= 0.6 is 11.8 Å². The summed E-state index contributed by atoms with van der Waals surface area (Å²) >= 11 is 1.56. The van der Waals surface area contributed by atoms with Crippen LogP contribution in [0.25, 0.3) is 0 Å². The van der Waals surface area contributed by atoms with Crippen molar-refractivity contribution in [3.63, 3.8) is 0 Å². The summed E-state index contributed by atoms with van der Waals surface area (Å²) in [5.41, 5.74) is 4.11. The average molecular weight is 404 g/mol. The fourth-order valence-corrected chi connectivity index (χ4v) is 4.84. The minimum absolute atomic E-state index is 0.122. The number of hydrogen-bond donors (Lipinski definition) is 0. The molecule has 0 aliphatic heterocycles. The molecule has 29 heavy (non-hydrogen) atoms. The van der Waals surface area contributed by atoms with Gasteiger partial charge in [0.25, 0.3) is 0 Å². The van der Waals surface area contributed by atoms with Crippen molar-refractivity contribution in [3.05, 3.63) is 76.6 Å². The van der Waals surface area contributed by atoms with E-state index in [0.29, 0.717) is 12.0 Å². The first-order chi connectivity index (χ1) is 14.1. The van der Waals surface area contributed by atoms with Crippen molar-refractivity contribution >= 4 is 17.5 Å². The lowest BCUT2D eigenvalue weighted by molar-refractivity contribution is 0.0989. The third-order valence-electron chi connectivity index (χ3n) is 5.72. The van der Waals surface area contributed by atoms with Crippen molar-refractivity contribution in [1.82, 2.24) is 14.8 Å². The first-order valence-electron chi connectivity index (χ1n) is 10.4. The van der Waals surface area contributed by atoms with Gasteiger partial charge in [-0.1, -0.05) is 71.4 Å². The number of aryl methyl sites for hydroxylation is 2. The number of Topliss-reactive ketones (excluding diaryl/α,β-unsaturated/α-hetero) is 1. The van der Waals surface area contributed by atoms with Gasteiger partial charge in [-0.05, 0) is 45.1 Å². The molecule has 2 saturated carbocycles. The maximum atomic E-state index is 13.5. The summed E-state index contributed by atoms with van der Waals surface area (Å²) in [6.07, 6.45) is 4.79. The molecule has 5 heteroatoms. The van der Waals surface area contributed by atoms with Gasteiger partial charge in [0.1, 0.15) is 11.1 Å². The van der Waals surface area contributed by atoms with Crippen LogP contribution in [-0.4, -0.2) is 20.5 Å². The molecule has 0 bridgehead atoms. The van der Waals surface area contributed by atoms with E-state index < -0.39 is 0 Å². The lowest BCUT2D eigenvalue weighted by Crippen LogP contribution is -2.12. The summed E-state index contributed by atoms with van der Waals surface area (Å²) in [4.78, 5) is 13.5. The first kappa shape index (κ1) is 18.6. The molecule has 5 rings (SSSR count). The van der Waals surface area contributed by atoms with E-state index in [1.165, 1.54) is 31.2 Å². The Bertz CT molecular complexity index is 1030. The second-order valence-electron chi connectivity index (χ2n) is 8.36. The van der Waals surface area contributed by atoms with Gasteiger partial charge >= 0.3 is 0 Å². The SMILES string of the molecule is Cc1ccc(C(=O)[C@H](Sc2nnc(C3CC3)n2C2CC2)c2ccc(C)cc2)cc1. The van der Waals surface area contributed by atoms with E-state index in [0.717, 1.165) is 27.7 Å². The number of nitrogens with zero attached hydrogens (tertiary/aromatic N) is 3. The normalized spacial score (nSPS) is 17.3. The predicted molar refractivity (Wildman–Crippen MR) is 116 cm³/mol. The zero-order chi connectivity index (χ0) is 20.0. The Kier molecular flexibility index (Phi) is 4.78. The third-order valence-corrected chi connectivity index (χ3v) is 6.93. The number of benzene rings is 2. The van der Waals surface area contributed by atoms with E-state index in [-0.39, 0.29) is 11.0 Å². The van der Waals surface area contributed by atoms with Gasteiger partial charge in [0.2, 0.25) is 0 Å². The molecule has 3 aromatic rings. The van der Waals surface area contributed by atoms with E-state index in [1.807, 2.05) is 31.2 Å². The van der Waals surface area contributed by atoms with Gasteiger partial charge in [-0.3, -0.25) is 4.79 Å². The molecule has 2 aromatic carbocycles. The van der Waals surface area contributed by atoms with E-state index in [2.05, 4.69) is 46.0 Å². The van der Waals surface area contributed by atoms with Crippen molar-refractivity contribution < 1.29 is 4.79 Å². The highest BCUT2D eigenvalue weighted by Crippen LogP contribution is 2.48. The van der Waals surface area contributed by atoms with Crippen LogP contribution in [-0.2, 0) is 0 Å². The fraction of sp³-hybridized carbons (Fsp3) is 0.375. The van der Waals surface area contributed by atoms with Crippen LogP contribution in [0.1, 0.15) is 75.8 Å². The van der Waals surface area contributed by atoms with Crippen LogP contribution in [0.3, 0.4) is 0 Å². The highest BCUT2D eigenvalue weighted by atomic mass is 32.2. The average Bonchev–Trinajstić information content (AvgIpc) is 3.66. The van der Waals surface area contributed by atoms with Crippen molar-refractivity contribution in [2.75, 3.05) is 0 Å². The predicted octanol–water partition coefficient (Wildman–Crippen LogP) is 5.82. The number of aromatic nitrogens is 3. The zero-order valence-electron chi connectivity index (χ0n) is 16.8. The number of rotatable bonds is 7. The molecule has 1 atom stereocenters. The molecular weight excluding hydrogens is 378 g/mol. The maximum Gasteiger partial charge on any atom is 0.192 e. The molecule has 0 radical (unpaired) electrons. The molecule has 148 valence electrons. The van der Waals surface area contributed by atoms with E-state index in [9.17, 15) is 4.79 Å². The summed E-state index contributed by atoms with van der Waals surface area (Å²) in [7, 11) is 0. The summed E-state index contributed by atoms with van der Waals surface area (Å²) in [5, 5.41) is 9.62. The van der Waals surface area contributed by atoms with E-state index in [4.69, 9.17) is 0 Å². The van der Waals surface area contributed by atoms with Gasteiger partial charge in [0.15, 0.2) is 10.9 Å². The van der Waals surface area contributed by atoms with Gasteiger partial charge in [-0.15, -0.1) is 10.2 Å². The molecule has 2 fully saturated rings. The standard InChI is InChI=1S/C24H25N3OS/c1-15-3-7-17(8-4-15)21(28)22(18-9-5-16(2)6-10-18)29-24-26-25-23(19-11-12-19)27(24)20-13-14-20/h3-10,19-20,22H,11-14H2,1-2H3/t22-/m1/s1. The van der Waals surface area contributed by atoms with Gasteiger partial charge in [-0.2, -0.15) is 0 Å². The molecular formula is C24H25N3OS. The maximum absolute atomic E-state index is 13.5. The molecule has 4 nitrogen and oxygen atoms in total. The second kappa shape index (κ2) is 7.45. The molecule has 0 spiro atoms. The minimum atomic E-state index is -0.327. The Morgan fingerprint density at radius 1 is 0.931 bits per heavy atom. The number of carbonyl (C=O) groups excluding carboxylic acids is 1. The Morgan fingerprint density at radius 2 is 1.55 bits per heavy atom. The van der Waals surface area contributed by atoms with Gasteiger partial charge in [0.05, 0.1) is 0 Å². The van der Waals surface area contributed by atoms with Gasteiger partial charge in [-0.25, -0.2) is 0 Å². The van der Waals surface area contributed by atoms with Crippen molar-refractivity contribution in [1.29, 1.82) is 0 Å². The lowest BCUT2D eigenvalue weighted by atomic mass is 10.0. The zero-order valence-corrected chi connectivity index (χ0v) is 17.7. The van der Waals surface area contributed by atoms with Crippen molar-refractivity contribution in [2.24, 2.45) is 0 Å². The molecule has 0 saturated heterocycles. The van der Waals surface area contributed by atoms with Crippen LogP contribution < -0.4 is 0 Å². The Balaban J connectivity index is 1.51. The summed E-state index contributed by atoms with van der Waals surface area (Å²) in [5.74, 6) is 1.81. The van der Waals surface area contributed by atoms with Gasteiger partial charge < -0.3 is 4.57 Å². The Labute approximate surface area is 175 Å². The van der Waals surface area contributed by atoms with Gasteiger partial charge in [0, 0.05) is 17.5 Å². The number of carbonyl (C=O) groups is 1. The lowest BCUT2D eigenvalue weighted by Gasteiger charge is -2.17. The van der Waals surface area contributed by atoms with Crippen LogP contribution in [0.2, 0.25) is 0 Å². The monoisotopic (exact) mass is 403 g/mol. The van der Waals surface area contributed by atoms with Crippen LogP contribution in [0.4, 0.5) is 0 Å². The largest absolute Gasteiger partial charge is 0.303 e. The Morgan fingerprint density at radius 3 is 2.14 bits per heavy atom. The third kappa shape index (κ3) is 3.88. The second-order valence-corrected chi connectivity index (χ2v) is 9.43. The molecule has 0 amide bonds. The smallest absolute Gasteiger partial charge is 0.192 e. The van der Waals surface area contributed by atoms with Crippen LogP contribution in [0, 0.1) is 13.8 Å². The highest BCUT2D eigenvalue weighted by molar-refractivity contribution is 8.00. The molecule has 1 aromatic heterocycles. The van der Waals surface area contributed by atoms with Crippen LogP contribution in [0.15, 0.2) is 53.7 Å². The quantitative estimate of drug-likeness (QED) is 0.368. The van der Waals surface area contributed by atoms with Crippen molar-refractivity contribution in [3.8, 4) is 0 Å². The first-order valence-corrected chi connectivity index (χ1v) is 11.3. The molecule has 2 aliphatic rings. The topological polar surface area (TPSA) is 47.8 Å². The summed E-state index contributed by atoms with van der Waals surface area (Å²) in [6.45, 7) is 4.11. The molecule has 1 heterocycles. The molecule has 0 N–H and O–H groups in total. The Hall–Kier alpha value is -2.40. The van der Waals surface area contributed by atoms with E-state index >= 15 is 0 Å². The van der Waals surface area contributed by atoms with Crippen LogP contribution in [0.5, 0.6) is 0 Å². The van der Waals surface area contributed by atoms with Crippen molar-refractivity contribution in [2.45, 2.75) is 61.9 Å². The minimum Gasteiger partial charge on any atom is -0.303 e. The summed E-state index contributed by atoms with van der Waals surface area (Å²) < 4.78 is 2.33.